The average molecular weight is 264 g/mol. The lowest BCUT2D eigenvalue weighted by Crippen LogP contribution is -2.49. The van der Waals surface area contributed by atoms with Crippen LogP contribution in [0.1, 0.15) is 11.1 Å². The number of benzene rings is 2. The minimum absolute atomic E-state index is 0.635. The van der Waals surface area contributed by atoms with Gasteiger partial charge in [0.15, 0.2) is 0 Å². The van der Waals surface area contributed by atoms with Crippen molar-refractivity contribution in [1.29, 1.82) is 0 Å². The Bertz CT molecular complexity index is 643. The van der Waals surface area contributed by atoms with Crippen molar-refractivity contribution >= 4 is 0 Å². The molecule has 0 amide bonds. The van der Waals surface area contributed by atoms with Crippen LogP contribution in [0.2, 0.25) is 0 Å². The predicted molar refractivity (Wildman–Crippen MR) is 80.1 cm³/mol. The lowest BCUT2D eigenvalue weighted by Gasteiger charge is -2.45. The molecule has 3 rings (SSSR count). The molecular formula is C18H16O2. The fourth-order valence-electron chi connectivity index (χ4n) is 3.04. The van der Waals surface area contributed by atoms with Crippen molar-refractivity contribution in [3.63, 3.8) is 0 Å². The second kappa shape index (κ2) is 4.17. The van der Waals surface area contributed by atoms with Gasteiger partial charge in [0.25, 0.3) is 0 Å². The Hall–Kier alpha value is -2.16. The number of fused-ring (bicyclic) bond motifs is 3. The summed E-state index contributed by atoms with van der Waals surface area (Å²) in [5.41, 5.74) is -0.124. The molecule has 2 aromatic carbocycles. The molecule has 0 saturated carbocycles. The molecule has 0 fully saturated rings. The highest BCUT2D eigenvalue weighted by Gasteiger charge is 2.52. The topological polar surface area (TPSA) is 40.5 Å². The molecule has 0 aromatic heterocycles. The van der Waals surface area contributed by atoms with Crippen LogP contribution in [0, 0.1) is 0 Å². The van der Waals surface area contributed by atoms with E-state index in [4.69, 9.17) is 0 Å². The highest BCUT2D eigenvalue weighted by atomic mass is 16.4. The van der Waals surface area contributed by atoms with Crippen LogP contribution in [-0.4, -0.2) is 10.2 Å². The van der Waals surface area contributed by atoms with E-state index in [2.05, 4.69) is 13.2 Å². The van der Waals surface area contributed by atoms with Crippen molar-refractivity contribution in [3.8, 4) is 11.1 Å². The summed E-state index contributed by atoms with van der Waals surface area (Å²) in [6.07, 6.45) is 2.76. The van der Waals surface area contributed by atoms with Gasteiger partial charge >= 0.3 is 0 Å². The Labute approximate surface area is 118 Å². The van der Waals surface area contributed by atoms with Gasteiger partial charge in [0.05, 0.1) is 0 Å². The van der Waals surface area contributed by atoms with Gasteiger partial charge in [-0.1, -0.05) is 73.8 Å². The third-order valence-corrected chi connectivity index (χ3v) is 4.14. The summed E-state index contributed by atoms with van der Waals surface area (Å²) in [5, 5.41) is 22.1. The maximum absolute atomic E-state index is 11.1. The molecule has 0 bridgehead atoms. The van der Waals surface area contributed by atoms with Gasteiger partial charge in [0.1, 0.15) is 11.2 Å². The van der Waals surface area contributed by atoms with E-state index < -0.39 is 11.2 Å². The van der Waals surface area contributed by atoms with E-state index >= 15 is 0 Å². The van der Waals surface area contributed by atoms with Gasteiger partial charge < -0.3 is 10.2 Å². The Morgan fingerprint density at radius 3 is 1.40 bits per heavy atom. The van der Waals surface area contributed by atoms with Gasteiger partial charge in [-0.3, -0.25) is 0 Å². The molecule has 2 N–H and O–H groups in total. The quantitative estimate of drug-likeness (QED) is 0.818. The van der Waals surface area contributed by atoms with E-state index in [0.29, 0.717) is 11.1 Å². The molecule has 100 valence electrons. The minimum Gasteiger partial charge on any atom is -0.377 e. The van der Waals surface area contributed by atoms with Crippen LogP contribution in [-0.2, 0) is 11.2 Å². The monoisotopic (exact) mass is 264 g/mol. The van der Waals surface area contributed by atoms with Crippen LogP contribution in [0.25, 0.3) is 11.1 Å². The summed E-state index contributed by atoms with van der Waals surface area (Å²) in [6, 6.07) is 15.0. The van der Waals surface area contributed by atoms with Crippen LogP contribution >= 0.6 is 0 Å². The van der Waals surface area contributed by atoms with Crippen molar-refractivity contribution in [2.24, 2.45) is 0 Å². The summed E-state index contributed by atoms with van der Waals surface area (Å²) in [4.78, 5) is 0. The number of rotatable bonds is 2. The van der Waals surface area contributed by atoms with Gasteiger partial charge in [0.2, 0.25) is 0 Å². The summed E-state index contributed by atoms with van der Waals surface area (Å²) in [6.45, 7) is 7.43. The molecule has 20 heavy (non-hydrogen) atoms. The third-order valence-electron chi connectivity index (χ3n) is 4.14. The molecular weight excluding hydrogens is 248 g/mol. The molecule has 1 aliphatic rings. The van der Waals surface area contributed by atoms with E-state index in [-0.39, 0.29) is 0 Å². The van der Waals surface area contributed by atoms with Gasteiger partial charge in [-0.15, -0.1) is 0 Å². The van der Waals surface area contributed by atoms with Crippen molar-refractivity contribution in [1.82, 2.24) is 0 Å². The van der Waals surface area contributed by atoms with Gasteiger partial charge in [-0.2, -0.15) is 0 Å². The SMILES string of the molecule is C=C[C@]1(O)c2ccccc2-c2ccccc2[C@@]1(O)C=C. The number of aliphatic hydroxyl groups is 2. The maximum atomic E-state index is 11.1. The third kappa shape index (κ3) is 1.35. The first kappa shape index (κ1) is 12.9. The van der Waals surface area contributed by atoms with E-state index in [1.54, 1.807) is 12.1 Å². The largest absolute Gasteiger partial charge is 0.377 e. The number of hydrogen-bond acceptors (Lipinski definition) is 2. The highest BCUT2D eigenvalue weighted by Crippen LogP contribution is 2.52. The van der Waals surface area contributed by atoms with Crippen LogP contribution < -0.4 is 0 Å². The predicted octanol–water partition coefficient (Wildman–Crippen LogP) is 3.11. The van der Waals surface area contributed by atoms with Crippen molar-refractivity contribution in [2.45, 2.75) is 11.2 Å². The Balaban J connectivity index is 2.48. The van der Waals surface area contributed by atoms with E-state index in [1.165, 1.54) is 12.2 Å². The summed E-state index contributed by atoms with van der Waals surface area (Å²) in [5.74, 6) is 0. The van der Waals surface area contributed by atoms with E-state index in [9.17, 15) is 10.2 Å². The first-order chi connectivity index (χ1) is 9.58. The lowest BCUT2D eigenvalue weighted by atomic mass is 9.65. The molecule has 2 heteroatoms. The minimum atomic E-state index is -1.60. The zero-order chi connectivity index (χ0) is 14.4. The van der Waals surface area contributed by atoms with Crippen LogP contribution in [0.15, 0.2) is 73.8 Å². The Kier molecular flexibility index (Phi) is 2.68. The summed E-state index contributed by atoms with van der Waals surface area (Å²) in [7, 11) is 0. The smallest absolute Gasteiger partial charge is 0.144 e. The molecule has 0 radical (unpaired) electrons. The Morgan fingerprint density at radius 1 is 0.700 bits per heavy atom. The lowest BCUT2D eigenvalue weighted by molar-refractivity contribution is -0.103. The van der Waals surface area contributed by atoms with Crippen LogP contribution in [0.4, 0.5) is 0 Å². The van der Waals surface area contributed by atoms with Gasteiger partial charge in [0, 0.05) is 0 Å². The molecule has 2 atom stereocenters. The molecule has 2 aromatic rings. The van der Waals surface area contributed by atoms with Gasteiger partial charge in [-0.05, 0) is 22.3 Å². The van der Waals surface area contributed by atoms with Crippen molar-refractivity contribution < 1.29 is 10.2 Å². The summed E-state index contributed by atoms with van der Waals surface area (Å²) >= 11 is 0. The van der Waals surface area contributed by atoms with Crippen LogP contribution in [0.5, 0.6) is 0 Å². The zero-order valence-electron chi connectivity index (χ0n) is 11.1. The number of hydrogen-bond donors (Lipinski definition) is 2. The highest BCUT2D eigenvalue weighted by molar-refractivity contribution is 5.78. The molecule has 0 heterocycles. The molecule has 2 nitrogen and oxygen atoms in total. The van der Waals surface area contributed by atoms with E-state index in [0.717, 1.165) is 11.1 Å². The first-order valence-corrected chi connectivity index (χ1v) is 6.50. The van der Waals surface area contributed by atoms with Crippen LogP contribution in [0.3, 0.4) is 0 Å². The summed E-state index contributed by atoms with van der Waals surface area (Å²) < 4.78 is 0. The fraction of sp³-hybridized carbons (Fsp3) is 0.111. The maximum Gasteiger partial charge on any atom is 0.144 e. The van der Waals surface area contributed by atoms with Crippen molar-refractivity contribution in [2.75, 3.05) is 0 Å². The average Bonchev–Trinajstić information content (AvgIpc) is 2.52. The molecule has 0 saturated heterocycles. The second-order valence-electron chi connectivity index (χ2n) is 5.03. The zero-order valence-corrected chi connectivity index (χ0v) is 11.1. The second-order valence-corrected chi connectivity index (χ2v) is 5.03. The fourth-order valence-corrected chi connectivity index (χ4v) is 3.04. The first-order valence-electron chi connectivity index (χ1n) is 6.50. The standard InChI is InChI=1S/C18H16O2/c1-3-17(19)15-11-7-5-9-13(15)14-10-6-8-12-16(14)18(17,20)4-2/h3-12,19-20H,1-2H2/t17-,18-/m0/s1. The molecule has 0 unspecified atom stereocenters. The Morgan fingerprint density at radius 2 is 1.05 bits per heavy atom. The molecule has 0 spiro atoms. The normalized spacial score (nSPS) is 27.3. The van der Waals surface area contributed by atoms with E-state index in [1.807, 2.05) is 36.4 Å². The molecule has 0 aliphatic heterocycles. The van der Waals surface area contributed by atoms with Gasteiger partial charge in [-0.25, -0.2) is 0 Å². The van der Waals surface area contributed by atoms with Crippen molar-refractivity contribution in [3.05, 3.63) is 85.0 Å². The molecule has 1 aliphatic carbocycles.